The molecule has 7 nitrogen and oxygen atoms in total. The Bertz CT molecular complexity index is 1010. The number of hydrogen-bond donors (Lipinski definition) is 2. The molecular formula is C20H20ClFN4O3. The first-order valence-electron chi connectivity index (χ1n) is 9.14. The molecule has 152 valence electrons. The van der Waals surface area contributed by atoms with Crippen LogP contribution in [-0.4, -0.2) is 49.5 Å². The summed E-state index contributed by atoms with van der Waals surface area (Å²) in [7, 11) is 1.57. The van der Waals surface area contributed by atoms with Crippen molar-refractivity contribution in [2.75, 3.05) is 38.7 Å². The second kappa shape index (κ2) is 8.77. The van der Waals surface area contributed by atoms with Crippen molar-refractivity contribution in [1.29, 1.82) is 0 Å². The zero-order valence-corrected chi connectivity index (χ0v) is 16.5. The van der Waals surface area contributed by atoms with E-state index in [0.29, 0.717) is 41.7 Å². The molecule has 1 fully saturated rings. The molecule has 0 radical (unpaired) electrons. The highest BCUT2D eigenvalue weighted by Gasteiger charge is 2.17. The number of ether oxygens (including phenoxy) is 3. The lowest BCUT2D eigenvalue weighted by Crippen LogP contribution is -2.41. The van der Waals surface area contributed by atoms with Crippen LogP contribution in [-0.2, 0) is 4.74 Å². The van der Waals surface area contributed by atoms with E-state index in [4.69, 9.17) is 25.8 Å². The van der Waals surface area contributed by atoms with Crippen molar-refractivity contribution in [3.8, 4) is 11.5 Å². The number of anilines is 2. The summed E-state index contributed by atoms with van der Waals surface area (Å²) in [5.41, 5.74) is 1.28. The Morgan fingerprint density at radius 1 is 1.28 bits per heavy atom. The van der Waals surface area contributed by atoms with Gasteiger partial charge in [0.15, 0.2) is 11.5 Å². The number of morpholine rings is 1. The summed E-state index contributed by atoms with van der Waals surface area (Å²) in [6, 6.07) is 7.98. The Kier molecular flexibility index (Phi) is 5.94. The Morgan fingerprint density at radius 2 is 2.17 bits per heavy atom. The van der Waals surface area contributed by atoms with Crippen LogP contribution in [0.15, 0.2) is 36.7 Å². The summed E-state index contributed by atoms with van der Waals surface area (Å²) < 4.78 is 30.5. The summed E-state index contributed by atoms with van der Waals surface area (Å²) in [4.78, 5) is 8.62. The maximum absolute atomic E-state index is 13.4. The van der Waals surface area contributed by atoms with Crippen molar-refractivity contribution in [2.45, 2.75) is 6.10 Å². The minimum absolute atomic E-state index is 0.0185. The highest BCUT2D eigenvalue weighted by atomic mass is 35.5. The van der Waals surface area contributed by atoms with Gasteiger partial charge in [0.25, 0.3) is 0 Å². The van der Waals surface area contributed by atoms with Crippen molar-refractivity contribution in [2.24, 2.45) is 0 Å². The summed E-state index contributed by atoms with van der Waals surface area (Å²) >= 11 is 5.87. The lowest BCUT2D eigenvalue weighted by atomic mass is 10.2. The van der Waals surface area contributed by atoms with Gasteiger partial charge < -0.3 is 24.8 Å². The maximum Gasteiger partial charge on any atom is 0.163 e. The first-order valence-corrected chi connectivity index (χ1v) is 9.52. The fourth-order valence-electron chi connectivity index (χ4n) is 3.06. The molecule has 1 atom stereocenters. The normalized spacial score (nSPS) is 16.6. The number of hydrogen-bond acceptors (Lipinski definition) is 7. The average Bonchev–Trinajstić information content (AvgIpc) is 2.75. The third-order valence-corrected chi connectivity index (χ3v) is 4.82. The van der Waals surface area contributed by atoms with Gasteiger partial charge in [0.2, 0.25) is 0 Å². The van der Waals surface area contributed by atoms with Crippen molar-refractivity contribution in [3.63, 3.8) is 0 Å². The van der Waals surface area contributed by atoms with Gasteiger partial charge in [-0.2, -0.15) is 0 Å². The molecule has 0 aliphatic carbocycles. The molecular weight excluding hydrogens is 399 g/mol. The monoisotopic (exact) mass is 418 g/mol. The Hall–Kier alpha value is -2.68. The van der Waals surface area contributed by atoms with Crippen LogP contribution in [0.2, 0.25) is 5.02 Å². The predicted octanol–water partition coefficient (Wildman–Crippen LogP) is 3.54. The SMILES string of the molecule is COc1cc2c(Nc3ccc(F)c(Cl)c3)ncnc2cc1OCC1CNCCO1. The highest BCUT2D eigenvalue weighted by Crippen LogP contribution is 2.35. The average molecular weight is 419 g/mol. The van der Waals surface area contributed by atoms with Crippen LogP contribution >= 0.6 is 11.6 Å². The molecule has 2 heterocycles. The largest absolute Gasteiger partial charge is 0.493 e. The van der Waals surface area contributed by atoms with E-state index < -0.39 is 5.82 Å². The number of nitrogens with zero attached hydrogens (tertiary/aromatic N) is 2. The molecule has 3 aromatic rings. The zero-order valence-electron chi connectivity index (χ0n) is 15.7. The fourth-order valence-corrected chi connectivity index (χ4v) is 3.24. The molecule has 0 spiro atoms. The lowest BCUT2D eigenvalue weighted by Gasteiger charge is -2.24. The molecule has 1 aromatic heterocycles. The van der Waals surface area contributed by atoms with Crippen molar-refractivity contribution >= 4 is 34.0 Å². The van der Waals surface area contributed by atoms with E-state index in [1.165, 1.54) is 18.5 Å². The molecule has 2 N–H and O–H groups in total. The minimum atomic E-state index is -0.481. The van der Waals surface area contributed by atoms with Crippen LogP contribution in [0.25, 0.3) is 10.9 Å². The molecule has 0 amide bonds. The zero-order chi connectivity index (χ0) is 20.2. The molecule has 1 aliphatic heterocycles. The summed E-state index contributed by atoms with van der Waals surface area (Å²) in [5.74, 6) is 1.19. The highest BCUT2D eigenvalue weighted by molar-refractivity contribution is 6.31. The minimum Gasteiger partial charge on any atom is -0.493 e. The maximum atomic E-state index is 13.4. The number of fused-ring (bicyclic) bond motifs is 1. The van der Waals surface area contributed by atoms with Gasteiger partial charge >= 0.3 is 0 Å². The number of halogens is 2. The topological polar surface area (TPSA) is 77.5 Å². The van der Waals surface area contributed by atoms with E-state index >= 15 is 0 Å². The van der Waals surface area contributed by atoms with E-state index in [9.17, 15) is 4.39 Å². The second-order valence-corrected chi connectivity index (χ2v) is 6.91. The number of nitrogens with one attached hydrogen (secondary N) is 2. The number of rotatable bonds is 6. The standard InChI is InChI=1S/C20H20ClFN4O3/c1-27-18-7-14-17(8-19(18)29-10-13-9-23-4-5-28-13)24-11-25-20(14)26-12-2-3-16(22)15(21)6-12/h2-3,6-8,11,13,23H,4-5,9-10H2,1H3,(H,24,25,26). The van der Waals surface area contributed by atoms with Gasteiger partial charge in [-0.15, -0.1) is 0 Å². The van der Waals surface area contributed by atoms with E-state index in [-0.39, 0.29) is 11.1 Å². The molecule has 1 saturated heterocycles. The van der Waals surface area contributed by atoms with E-state index in [0.717, 1.165) is 18.5 Å². The molecule has 9 heteroatoms. The quantitative estimate of drug-likeness (QED) is 0.634. The van der Waals surface area contributed by atoms with Crippen molar-refractivity contribution in [1.82, 2.24) is 15.3 Å². The summed E-state index contributed by atoms with van der Waals surface area (Å²) in [5, 5.41) is 7.17. The molecule has 4 rings (SSSR count). The van der Waals surface area contributed by atoms with Crippen LogP contribution in [0.3, 0.4) is 0 Å². The molecule has 1 aliphatic rings. The van der Waals surface area contributed by atoms with Gasteiger partial charge in [0.1, 0.15) is 30.7 Å². The summed E-state index contributed by atoms with van der Waals surface area (Å²) in [6.45, 7) is 2.66. The number of aromatic nitrogens is 2. The van der Waals surface area contributed by atoms with Crippen LogP contribution < -0.4 is 20.1 Å². The van der Waals surface area contributed by atoms with Crippen LogP contribution in [0.4, 0.5) is 15.9 Å². The third-order valence-electron chi connectivity index (χ3n) is 4.53. The van der Waals surface area contributed by atoms with Crippen molar-refractivity contribution in [3.05, 3.63) is 47.5 Å². The Labute approximate surface area is 172 Å². The fraction of sp³-hybridized carbons (Fsp3) is 0.300. The third kappa shape index (κ3) is 4.50. The van der Waals surface area contributed by atoms with E-state index in [1.807, 2.05) is 0 Å². The predicted molar refractivity (Wildman–Crippen MR) is 109 cm³/mol. The summed E-state index contributed by atoms with van der Waals surface area (Å²) in [6.07, 6.45) is 1.43. The second-order valence-electron chi connectivity index (χ2n) is 6.50. The number of benzene rings is 2. The van der Waals surface area contributed by atoms with Gasteiger partial charge in [-0.1, -0.05) is 11.6 Å². The molecule has 0 bridgehead atoms. The first-order chi connectivity index (χ1) is 14.1. The Balaban J connectivity index is 1.61. The molecule has 2 aromatic carbocycles. The lowest BCUT2D eigenvalue weighted by molar-refractivity contribution is -0.000235. The van der Waals surface area contributed by atoms with Crippen LogP contribution in [0.5, 0.6) is 11.5 Å². The van der Waals surface area contributed by atoms with Gasteiger partial charge in [0.05, 0.1) is 24.3 Å². The van der Waals surface area contributed by atoms with Crippen LogP contribution in [0, 0.1) is 5.82 Å². The molecule has 1 unspecified atom stereocenters. The number of methoxy groups -OCH3 is 1. The first kappa shape index (κ1) is 19.6. The molecule has 29 heavy (non-hydrogen) atoms. The molecule has 0 saturated carbocycles. The van der Waals surface area contributed by atoms with E-state index in [2.05, 4.69) is 20.6 Å². The van der Waals surface area contributed by atoms with Gasteiger partial charge in [-0.3, -0.25) is 0 Å². The van der Waals surface area contributed by atoms with Gasteiger partial charge in [-0.05, 0) is 24.3 Å². The van der Waals surface area contributed by atoms with Crippen LogP contribution in [0.1, 0.15) is 0 Å². The van der Waals surface area contributed by atoms with Crippen molar-refractivity contribution < 1.29 is 18.6 Å². The smallest absolute Gasteiger partial charge is 0.163 e. The Morgan fingerprint density at radius 3 is 2.93 bits per heavy atom. The van der Waals surface area contributed by atoms with Gasteiger partial charge in [0, 0.05) is 30.2 Å². The van der Waals surface area contributed by atoms with Gasteiger partial charge in [-0.25, -0.2) is 14.4 Å². The van der Waals surface area contributed by atoms with E-state index in [1.54, 1.807) is 25.3 Å².